The minimum absolute atomic E-state index is 0.00899. The fraction of sp³-hybridized carbons (Fsp3) is 0.494. The van der Waals surface area contributed by atoms with Crippen molar-refractivity contribution in [2.75, 3.05) is 29.4 Å². The largest absolute Gasteiger partial charge is 0.508 e. The summed E-state index contributed by atoms with van der Waals surface area (Å²) in [5.74, 6) is 0.185. The number of anilines is 2. The number of carbonyl (C=O) groups excluding carboxylic acids is 2. The van der Waals surface area contributed by atoms with Gasteiger partial charge >= 0.3 is 17.6 Å². The van der Waals surface area contributed by atoms with Crippen LogP contribution in [0.2, 0.25) is 11.6 Å². The first kappa shape index (κ1) is 87.2. The molecule has 19 nitrogen and oxygen atoms in total. The Balaban J connectivity index is 0.000000166. The zero-order valence-corrected chi connectivity index (χ0v) is 74.6. The summed E-state index contributed by atoms with van der Waals surface area (Å²) in [6, 6.07) is 49.8. The van der Waals surface area contributed by atoms with Crippen LogP contribution in [-0.4, -0.2) is 121 Å². The van der Waals surface area contributed by atoms with Crippen LogP contribution in [-0.2, 0) is 68.2 Å². The molecule has 3 aromatic heterocycles. The number of ether oxygens (including phenoxy) is 1. The van der Waals surface area contributed by atoms with Gasteiger partial charge in [-0.25, -0.2) is 14.3 Å². The van der Waals surface area contributed by atoms with E-state index in [4.69, 9.17) is 32.6 Å². The van der Waals surface area contributed by atoms with Crippen molar-refractivity contribution in [2.45, 2.75) is 256 Å². The number of amides is 2. The van der Waals surface area contributed by atoms with Crippen LogP contribution in [0.4, 0.5) is 11.4 Å². The van der Waals surface area contributed by atoms with Crippen LogP contribution in [0.1, 0.15) is 208 Å². The van der Waals surface area contributed by atoms with E-state index in [1.165, 1.54) is 41.6 Å². The van der Waals surface area contributed by atoms with Crippen LogP contribution in [0, 0.1) is 10.8 Å². The molecule has 598 valence electrons. The van der Waals surface area contributed by atoms with E-state index in [9.17, 15) is 9.59 Å². The number of benzene rings is 6. The SMILES string of the molecule is CC(C)(C)C(=O)N1Cc2ccccc2-c2c(nnn2C(C)(C)C)-c2ccccc21.CC(C)(C)C(=O)N1Cc2ccccc2-c2nnn(C(C)(C)C)c2-c2ccccc21.CC(C)(C)OC1Cc2ccccc2-c2c(ncn2C(C)(C)C)-c2ccccc21.CC1(C)O[Si]2(C(C)(C)C)OC(C)(C)C1(C)O2.CO[Si](C)(O)O.CSC. The molecular formula is C89H124N10O9SSi2. The van der Waals surface area contributed by atoms with E-state index in [0.717, 1.165) is 79.6 Å². The highest BCUT2D eigenvalue weighted by atomic mass is 32.2. The Morgan fingerprint density at radius 1 is 0.495 bits per heavy atom. The van der Waals surface area contributed by atoms with Gasteiger partial charge in [-0.3, -0.25) is 9.59 Å². The van der Waals surface area contributed by atoms with Crippen molar-refractivity contribution in [3.05, 3.63) is 174 Å². The molecule has 22 heteroatoms. The Bertz CT molecular complexity index is 4770. The monoisotopic (exact) mass is 1560 g/mol. The van der Waals surface area contributed by atoms with Gasteiger partial charge in [0.1, 0.15) is 17.0 Å². The molecular weight excluding hydrogens is 1440 g/mol. The average molecular weight is 1570 g/mol. The second kappa shape index (κ2) is 31.9. The zero-order chi connectivity index (χ0) is 82.6. The van der Waals surface area contributed by atoms with Crippen molar-refractivity contribution in [2.24, 2.45) is 10.8 Å². The van der Waals surface area contributed by atoms with E-state index >= 15 is 0 Å². The van der Waals surface area contributed by atoms with Gasteiger partial charge in [0, 0.05) is 74.9 Å². The quantitative estimate of drug-likeness (QED) is 0.154. The van der Waals surface area contributed by atoms with Crippen molar-refractivity contribution in [3.8, 4) is 67.5 Å². The van der Waals surface area contributed by atoms with Crippen molar-refractivity contribution in [3.63, 3.8) is 0 Å². The highest BCUT2D eigenvalue weighted by molar-refractivity contribution is 7.97. The number of carbonyl (C=O) groups is 2. The molecule has 4 aliphatic heterocycles. The lowest BCUT2D eigenvalue weighted by Crippen LogP contribution is -2.63. The second-order valence-electron chi connectivity index (χ2n) is 37.7. The van der Waals surface area contributed by atoms with Crippen LogP contribution in [0.15, 0.2) is 152 Å². The molecule has 2 N–H and O–H groups in total. The normalized spacial score (nSPS) is 18.7. The predicted molar refractivity (Wildman–Crippen MR) is 456 cm³/mol. The van der Waals surface area contributed by atoms with Gasteiger partial charge < -0.3 is 46.4 Å². The third-order valence-corrected chi connectivity index (χ3v) is 25.3. The van der Waals surface area contributed by atoms with E-state index in [1.807, 2.05) is 146 Å². The zero-order valence-electron chi connectivity index (χ0n) is 71.8. The van der Waals surface area contributed by atoms with Gasteiger partial charge in [0.15, 0.2) is 0 Å². The molecule has 5 aliphatic rings. The van der Waals surface area contributed by atoms with Gasteiger partial charge in [-0.05, 0) is 165 Å². The molecule has 0 spiro atoms. The maximum atomic E-state index is 13.5. The van der Waals surface area contributed by atoms with Crippen LogP contribution in [0.5, 0.6) is 0 Å². The summed E-state index contributed by atoms with van der Waals surface area (Å²) in [5, 5.41) is 18.2. The maximum absolute atomic E-state index is 13.5. The summed E-state index contributed by atoms with van der Waals surface area (Å²) in [6.45, 7) is 56.9. The van der Waals surface area contributed by atoms with E-state index in [2.05, 4.69) is 247 Å². The average Bonchev–Trinajstić information content (AvgIpc) is 1.51. The number of fused-ring (bicyclic) bond motifs is 17. The number of thioether (sulfide) groups is 1. The maximum Gasteiger partial charge on any atom is 0.508 e. The van der Waals surface area contributed by atoms with Crippen LogP contribution in [0.3, 0.4) is 0 Å². The molecule has 1 aliphatic carbocycles. The lowest BCUT2D eigenvalue weighted by Gasteiger charge is -2.48. The van der Waals surface area contributed by atoms with Gasteiger partial charge in [0.25, 0.3) is 0 Å². The lowest BCUT2D eigenvalue weighted by atomic mass is 9.76. The van der Waals surface area contributed by atoms with Crippen LogP contribution >= 0.6 is 11.8 Å². The Morgan fingerprint density at radius 3 is 1.28 bits per heavy atom. The Kier molecular flexibility index (Phi) is 25.1. The number of nitrogens with zero attached hydrogens (tertiary/aromatic N) is 10. The Hall–Kier alpha value is -7.75. The summed E-state index contributed by atoms with van der Waals surface area (Å²) in [6.07, 6.45) is 6.91. The first-order valence-corrected chi connectivity index (χ1v) is 44.2. The smallest absolute Gasteiger partial charge is 0.390 e. The first-order chi connectivity index (χ1) is 51.2. The summed E-state index contributed by atoms with van der Waals surface area (Å²) >= 11 is 1.75. The lowest BCUT2D eigenvalue weighted by molar-refractivity contribution is -0.133. The highest BCUT2D eigenvalue weighted by Gasteiger charge is 2.79. The molecule has 2 fully saturated rings. The number of rotatable bonds is 2. The van der Waals surface area contributed by atoms with E-state index < -0.39 is 28.4 Å². The summed E-state index contributed by atoms with van der Waals surface area (Å²) < 4.78 is 35.8. The second-order valence-corrected chi connectivity index (χ2v) is 44.0. The fourth-order valence-electron chi connectivity index (χ4n) is 14.3. The Labute approximate surface area is 668 Å². The molecule has 7 heterocycles. The number of aromatic nitrogens is 8. The standard InChI is InChI=1S/C25H30N2O.2C24H28N4O.C12H24O3Si.C2H8O3Si.C2H6S/c1-24(2,3)27-16-26-22-20-14-10-9-13-19(20)21(28-25(4,5)6)15-17-11-7-8-12-18(17)23(22)27;1-23(2,3)22(29)27-15-16-11-7-8-12-17(16)21-20(18-13-9-10-14-19(18)27)25-26-28(21)24(4,5)6;1-23(2,3)22(29)27-15-16-11-7-8-12-17(16)20-21(18-13-9-10-14-19(18)27)28(26-25-20)24(4,5)6;1-9(2,3)16-13-10(4,5)12(8,15-16)11(6,7)14-16;1-5-6(2,3)4;1-3-2/h7-14,16,21H,15H2,1-6H3;2*7-14H,15H2,1-6H3;1-8H3;3-4H,1-2H3;1-2H3. The molecule has 1 unspecified atom stereocenters. The number of hydrogen-bond acceptors (Lipinski definition) is 15. The number of imidazole rings is 1. The minimum atomic E-state index is -3.13. The van der Waals surface area contributed by atoms with Gasteiger partial charge in [-0.15, -0.1) is 10.2 Å². The molecule has 6 aromatic carbocycles. The summed E-state index contributed by atoms with van der Waals surface area (Å²) in [4.78, 5) is 52.2. The van der Waals surface area contributed by atoms with Crippen molar-refractivity contribution < 1.29 is 41.6 Å². The number of hydrogen-bond donors (Lipinski definition) is 2. The molecule has 2 saturated heterocycles. The summed E-state index contributed by atoms with van der Waals surface area (Å²) in [5.41, 5.74) is 16.1. The molecule has 2 amide bonds. The van der Waals surface area contributed by atoms with Gasteiger partial charge in [0.2, 0.25) is 11.8 Å². The van der Waals surface area contributed by atoms with E-state index in [-0.39, 0.29) is 62.0 Å². The van der Waals surface area contributed by atoms with Crippen LogP contribution in [0.25, 0.3) is 67.5 Å². The topological polar surface area (TPSA) is 206 Å². The molecule has 111 heavy (non-hydrogen) atoms. The van der Waals surface area contributed by atoms with Gasteiger partial charge in [0.05, 0.1) is 87.6 Å². The number of para-hydroxylation sites is 2. The fourth-order valence-corrected chi connectivity index (χ4v) is 18.1. The summed E-state index contributed by atoms with van der Waals surface area (Å²) in [7, 11) is -4.44. The van der Waals surface area contributed by atoms with Gasteiger partial charge in [-0.1, -0.05) is 206 Å². The van der Waals surface area contributed by atoms with Crippen LogP contribution < -0.4 is 9.80 Å². The predicted octanol–water partition coefficient (Wildman–Crippen LogP) is 20.2. The van der Waals surface area contributed by atoms with Crippen molar-refractivity contribution in [1.82, 2.24) is 39.5 Å². The third-order valence-electron chi connectivity index (χ3n) is 20.4. The molecule has 0 radical (unpaired) electrons. The molecule has 14 rings (SSSR count). The highest BCUT2D eigenvalue weighted by Crippen LogP contribution is 2.63. The van der Waals surface area contributed by atoms with E-state index in [1.54, 1.807) is 11.8 Å². The molecule has 1 atom stereocenters. The third kappa shape index (κ3) is 18.4. The van der Waals surface area contributed by atoms with E-state index in [0.29, 0.717) is 13.1 Å². The van der Waals surface area contributed by atoms with Gasteiger partial charge in [-0.2, -0.15) is 11.8 Å². The first-order valence-electron chi connectivity index (χ1n) is 38.5. The minimum Gasteiger partial charge on any atom is -0.390 e. The van der Waals surface area contributed by atoms with Crippen molar-refractivity contribution >= 4 is 52.6 Å². The van der Waals surface area contributed by atoms with Crippen molar-refractivity contribution in [1.29, 1.82) is 0 Å². The Morgan fingerprint density at radius 2 is 0.865 bits per heavy atom. The molecule has 2 bridgehead atoms. The molecule has 9 aromatic rings. The molecule has 0 saturated carbocycles.